The monoisotopic (exact) mass is 364 g/mol. The summed E-state index contributed by atoms with van der Waals surface area (Å²) < 4.78 is 27.1. The zero-order chi connectivity index (χ0) is 17.2. The van der Waals surface area contributed by atoms with E-state index in [-0.39, 0.29) is 10.7 Å². The van der Waals surface area contributed by atoms with E-state index >= 15 is 0 Å². The number of thiophene rings is 1. The van der Waals surface area contributed by atoms with Crippen LogP contribution in [0.25, 0.3) is 0 Å². The lowest BCUT2D eigenvalue weighted by atomic mass is 10.2. The second kappa shape index (κ2) is 7.14. The summed E-state index contributed by atoms with van der Waals surface area (Å²) in [7, 11) is -3.55. The number of ketones is 1. The van der Waals surface area contributed by atoms with Gasteiger partial charge >= 0.3 is 0 Å². The molecule has 2 aromatic rings. The fraction of sp³-hybridized carbons (Fsp3) is 0.353. The largest absolute Gasteiger partial charge is 0.296 e. The Morgan fingerprint density at radius 1 is 1.17 bits per heavy atom. The van der Waals surface area contributed by atoms with Crippen LogP contribution in [0.15, 0.2) is 46.0 Å². The van der Waals surface area contributed by atoms with Gasteiger partial charge in [-0.15, -0.1) is 0 Å². The Morgan fingerprint density at radius 2 is 1.92 bits per heavy atom. The second-order valence-electron chi connectivity index (χ2n) is 5.90. The molecular weight excluding hydrogens is 344 g/mol. The maximum atomic E-state index is 12.8. The minimum Gasteiger partial charge on any atom is -0.296 e. The highest BCUT2D eigenvalue weighted by Crippen LogP contribution is 2.20. The molecule has 1 fully saturated rings. The molecular formula is C17H20N2O3S2. The Hall–Kier alpha value is -1.54. The van der Waals surface area contributed by atoms with Gasteiger partial charge in [-0.05, 0) is 41.4 Å². The van der Waals surface area contributed by atoms with Crippen molar-refractivity contribution in [2.45, 2.75) is 18.4 Å². The molecule has 1 saturated heterocycles. The number of Topliss-reactive ketones (excluding diaryl/α,β-unsaturated/α-hetero) is 1. The molecule has 1 aliphatic heterocycles. The fourth-order valence-electron chi connectivity index (χ4n) is 2.79. The number of carbonyl (C=O) groups excluding carboxylic acids is 1. The van der Waals surface area contributed by atoms with Gasteiger partial charge in [0.25, 0.3) is 0 Å². The Bertz CT molecular complexity index is 808. The molecule has 0 aliphatic carbocycles. The van der Waals surface area contributed by atoms with Crippen molar-refractivity contribution in [1.29, 1.82) is 0 Å². The van der Waals surface area contributed by atoms with Crippen LogP contribution >= 0.6 is 11.3 Å². The van der Waals surface area contributed by atoms with Crippen LogP contribution in [0.3, 0.4) is 0 Å². The Kier molecular flexibility index (Phi) is 5.15. The molecule has 1 aliphatic rings. The molecule has 0 spiro atoms. The quantitative estimate of drug-likeness (QED) is 0.765. The number of piperazine rings is 1. The Labute approximate surface area is 146 Å². The molecule has 0 unspecified atom stereocenters. The van der Waals surface area contributed by atoms with Crippen molar-refractivity contribution in [1.82, 2.24) is 9.21 Å². The number of nitrogens with zero attached hydrogens (tertiary/aromatic N) is 2. The highest BCUT2D eigenvalue weighted by atomic mass is 32.2. The zero-order valence-electron chi connectivity index (χ0n) is 13.5. The van der Waals surface area contributed by atoms with Gasteiger partial charge in [0.2, 0.25) is 10.0 Å². The van der Waals surface area contributed by atoms with E-state index < -0.39 is 10.0 Å². The summed E-state index contributed by atoms with van der Waals surface area (Å²) in [5.74, 6) is -0.132. The van der Waals surface area contributed by atoms with E-state index in [1.165, 1.54) is 22.9 Å². The second-order valence-corrected chi connectivity index (χ2v) is 8.61. The van der Waals surface area contributed by atoms with Gasteiger partial charge in [0, 0.05) is 38.3 Å². The van der Waals surface area contributed by atoms with Crippen LogP contribution < -0.4 is 0 Å². The molecule has 0 radical (unpaired) electrons. The minimum absolute atomic E-state index is 0.132. The first-order valence-electron chi connectivity index (χ1n) is 7.81. The van der Waals surface area contributed by atoms with E-state index in [4.69, 9.17) is 0 Å². The lowest BCUT2D eigenvalue weighted by Crippen LogP contribution is -2.48. The van der Waals surface area contributed by atoms with Gasteiger partial charge in [-0.1, -0.05) is 12.1 Å². The van der Waals surface area contributed by atoms with E-state index in [0.29, 0.717) is 31.7 Å². The third-order valence-electron chi connectivity index (χ3n) is 4.20. The van der Waals surface area contributed by atoms with Crippen LogP contribution in [-0.2, 0) is 16.6 Å². The van der Waals surface area contributed by atoms with E-state index in [2.05, 4.69) is 21.7 Å². The standard InChI is InChI=1S/C17H20N2O3S2/c1-14(20)16-3-2-4-17(11-16)24(21,22)19-8-6-18(7-9-19)12-15-5-10-23-13-15/h2-5,10-11,13H,6-9,12H2,1H3. The average molecular weight is 364 g/mol. The topological polar surface area (TPSA) is 57.7 Å². The summed E-state index contributed by atoms with van der Waals surface area (Å²) >= 11 is 1.67. The minimum atomic E-state index is -3.55. The third kappa shape index (κ3) is 3.75. The number of sulfonamides is 1. The van der Waals surface area contributed by atoms with Gasteiger partial charge in [0.15, 0.2) is 5.78 Å². The van der Waals surface area contributed by atoms with Gasteiger partial charge < -0.3 is 0 Å². The van der Waals surface area contributed by atoms with Crippen LogP contribution in [-0.4, -0.2) is 49.6 Å². The highest BCUT2D eigenvalue weighted by Gasteiger charge is 2.28. The molecule has 0 atom stereocenters. The van der Waals surface area contributed by atoms with Crippen LogP contribution in [0.4, 0.5) is 0 Å². The molecule has 0 amide bonds. The van der Waals surface area contributed by atoms with E-state index in [1.54, 1.807) is 29.5 Å². The molecule has 24 heavy (non-hydrogen) atoms. The van der Waals surface area contributed by atoms with Gasteiger partial charge in [-0.3, -0.25) is 9.69 Å². The lowest BCUT2D eigenvalue weighted by molar-refractivity contribution is 0.101. The van der Waals surface area contributed by atoms with Crippen LogP contribution in [0.2, 0.25) is 0 Å². The third-order valence-corrected chi connectivity index (χ3v) is 6.82. The molecule has 5 nitrogen and oxygen atoms in total. The van der Waals surface area contributed by atoms with Gasteiger partial charge in [-0.2, -0.15) is 15.6 Å². The van der Waals surface area contributed by atoms with Gasteiger partial charge in [0.05, 0.1) is 4.90 Å². The van der Waals surface area contributed by atoms with Gasteiger partial charge in [-0.25, -0.2) is 8.42 Å². The van der Waals surface area contributed by atoms with Crippen LogP contribution in [0, 0.1) is 0 Å². The predicted octanol–water partition coefficient (Wildman–Crippen LogP) is 2.46. The van der Waals surface area contributed by atoms with Crippen LogP contribution in [0.1, 0.15) is 22.8 Å². The normalized spacial score (nSPS) is 17.0. The number of rotatable bonds is 5. The van der Waals surface area contributed by atoms with E-state index in [9.17, 15) is 13.2 Å². The molecule has 7 heteroatoms. The summed E-state index contributed by atoms with van der Waals surface area (Å²) in [6.07, 6.45) is 0. The summed E-state index contributed by atoms with van der Waals surface area (Å²) in [6, 6.07) is 8.38. The summed E-state index contributed by atoms with van der Waals surface area (Å²) in [6.45, 7) is 4.66. The Morgan fingerprint density at radius 3 is 2.54 bits per heavy atom. The first-order chi connectivity index (χ1) is 11.5. The first kappa shape index (κ1) is 17.3. The van der Waals surface area contributed by atoms with Crippen molar-refractivity contribution in [3.63, 3.8) is 0 Å². The SMILES string of the molecule is CC(=O)c1cccc(S(=O)(=O)N2CCN(Cc3ccsc3)CC2)c1. The van der Waals surface area contributed by atoms with E-state index in [0.717, 1.165) is 6.54 Å². The number of hydrogen-bond donors (Lipinski definition) is 0. The highest BCUT2D eigenvalue weighted by molar-refractivity contribution is 7.89. The smallest absolute Gasteiger partial charge is 0.243 e. The van der Waals surface area contributed by atoms with Crippen molar-refractivity contribution >= 4 is 27.1 Å². The number of benzene rings is 1. The molecule has 128 valence electrons. The fourth-order valence-corrected chi connectivity index (χ4v) is 4.92. The first-order valence-corrected chi connectivity index (χ1v) is 10.2. The molecule has 0 N–H and O–H groups in total. The van der Waals surface area contributed by atoms with Crippen LogP contribution in [0.5, 0.6) is 0 Å². The molecule has 0 saturated carbocycles. The summed E-state index contributed by atoms with van der Waals surface area (Å²) in [5, 5.41) is 4.18. The molecule has 2 heterocycles. The lowest BCUT2D eigenvalue weighted by Gasteiger charge is -2.33. The van der Waals surface area contributed by atoms with Crippen molar-refractivity contribution in [3.8, 4) is 0 Å². The maximum absolute atomic E-state index is 12.8. The average Bonchev–Trinajstić information content (AvgIpc) is 3.08. The van der Waals surface area contributed by atoms with Crippen molar-refractivity contribution in [2.24, 2.45) is 0 Å². The van der Waals surface area contributed by atoms with Crippen molar-refractivity contribution in [2.75, 3.05) is 26.2 Å². The molecule has 1 aromatic carbocycles. The summed E-state index contributed by atoms with van der Waals surface area (Å²) in [4.78, 5) is 13.9. The van der Waals surface area contributed by atoms with Crippen molar-refractivity contribution in [3.05, 3.63) is 52.2 Å². The number of carbonyl (C=O) groups is 1. The molecule has 3 rings (SSSR count). The molecule has 0 bridgehead atoms. The van der Waals surface area contributed by atoms with Crippen molar-refractivity contribution < 1.29 is 13.2 Å². The number of hydrogen-bond acceptors (Lipinski definition) is 5. The molecule has 1 aromatic heterocycles. The predicted molar refractivity (Wildman–Crippen MR) is 94.8 cm³/mol. The maximum Gasteiger partial charge on any atom is 0.243 e. The van der Waals surface area contributed by atoms with Gasteiger partial charge in [0.1, 0.15) is 0 Å². The summed E-state index contributed by atoms with van der Waals surface area (Å²) in [5.41, 5.74) is 1.69. The zero-order valence-corrected chi connectivity index (χ0v) is 15.1. The van der Waals surface area contributed by atoms with E-state index in [1.807, 2.05) is 0 Å². The Balaban J connectivity index is 1.68.